The van der Waals surface area contributed by atoms with Crippen molar-refractivity contribution < 1.29 is 4.42 Å². The van der Waals surface area contributed by atoms with E-state index in [1.165, 1.54) is 58.2 Å². The van der Waals surface area contributed by atoms with E-state index in [1.807, 2.05) is 12.1 Å². The summed E-state index contributed by atoms with van der Waals surface area (Å²) in [5.74, 6) is 1.77. The number of unbranched alkanes of at least 4 members (excludes halogenated alkanes) is 2. The molecule has 1 saturated heterocycles. The lowest BCUT2D eigenvalue weighted by atomic mass is 10.1. The maximum atomic E-state index is 5.31. The zero-order chi connectivity index (χ0) is 16.2. The highest BCUT2D eigenvalue weighted by atomic mass is 127. The van der Waals surface area contributed by atoms with Crippen LogP contribution in [0.15, 0.2) is 27.8 Å². The van der Waals surface area contributed by atoms with Crippen molar-refractivity contribution in [1.82, 2.24) is 15.5 Å². The van der Waals surface area contributed by atoms with E-state index in [9.17, 15) is 0 Å². The van der Waals surface area contributed by atoms with Gasteiger partial charge in [0.15, 0.2) is 5.96 Å². The van der Waals surface area contributed by atoms with E-state index >= 15 is 0 Å². The normalized spacial score (nSPS) is 15.8. The second-order valence-corrected chi connectivity index (χ2v) is 6.16. The van der Waals surface area contributed by atoms with Gasteiger partial charge in [-0.2, -0.15) is 0 Å². The summed E-state index contributed by atoms with van der Waals surface area (Å²) in [6, 6.07) is 3.85. The van der Waals surface area contributed by atoms with E-state index in [4.69, 9.17) is 4.42 Å². The van der Waals surface area contributed by atoms with Crippen molar-refractivity contribution in [3.63, 3.8) is 0 Å². The van der Waals surface area contributed by atoms with Gasteiger partial charge in [-0.25, -0.2) is 4.99 Å². The molecule has 1 aromatic heterocycles. The molecule has 6 heteroatoms. The fraction of sp³-hybridized carbons (Fsp3) is 0.722. The first-order chi connectivity index (χ1) is 11.4. The van der Waals surface area contributed by atoms with Crippen molar-refractivity contribution in [1.29, 1.82) is 0 Å². The first kappa shape index (κ1) is 21.3. The van der Waals surface area contributed by atoms with Crippen LogP contribution in [-0.2, 0) is 6.54 Å². The highest BCUT2D eigenvalue weighted by Crippen LogP contribution is 2.09. The number of piperidine rings is 1. The van der Waals surface area contributed by atoms with E-state index in [0.29, 0.717) is 6.54 Å². The van der Waals surface area contributed by atoms with Crippen molar-refractivity contribution in [2.45, 2.75) is 52.0 Å². The number of likely N-dealkylation sites (tertiary alicyclic amines) is 1. The molecular formula is C18H33IN4O. The van der Waals surface area contributed by atoms with E-state index < -0.39 is 0 Å². The average Bonchev–Trinajstić information content (AvgIpc) is 3.10. The van der Waals surface area contributed by atoms with Crippen LogP contribution in [0, 0.1) is 0 Å². The van der Waals surface area contributed by atoms with Gasteiger partial charge in [0, 0.05) is 13.1 Å². The summed E-state index contributed by atoms with van der Waals surface area (Å²) < 4.78 is 5.31. The van der Waals surface area contributed by atoms with Gasteiger partial charge in [-0.3, -0.25) is 0 Å². The molecule has 0 aliphatic carbocycles. The van der Waals surface area contributed by atoms with Crippen molar-refractivity contribution in [3.05, 3.63) is 24.2 Å². The number of rotatable bonds is 9. The fourth-order valence-corrected chi connectivity index (χ4v) is 2.93. The number of nitrogens with zero attached hydrogens (tertiary/aromatic N) is 2. The van der Waals surface area contributed by atoms with Crippen molar-refractivity contribution in [3.8, 4) is 0 Å². The van der Waals surface area contributed by atoms with Crippen LogP contribution in [0.4, 0.5) is 0 Å². The number of hydrogen-bond donors (Lipinski definition) is 2. The number of hydrogen-bond acceptors (Lipinski definition) is 3. The molecular weight excluding hydrogens is 415 g/mol. The van der Waals surface area contributed by atoms with Crippen LogP contribution >= 0.6 is 24.0 Å². The monoisotopic (exact) mass is 448 g/mol. The standard InChI is InChI=1S/C18H32N4O.HI/c1-2-19-18(21-16-17-10-9-15-23-17)20-11-5-3-6-12-22-13-7-4-8-14-22;/h9-10,15H,2-8,11-14,16H2,1H3,(H2,19,20,21);1H. The summed E-state index contributed by atoms with van der Waals surface area (Å²) in [4.78, 5) is 7.16. The summed E-state index contributed by atoms with van der Waals surface area (Å²) in [6.07, 6.45) is 9.67. The van der Waals surface area contributed by atoms with Crippen LogP contribution in [-0.4, -0.2) is 43.6 Å². The van der Waals surface area contributed by atoms with Crippen LogP contribution in [0.2, 0.25) is 0 Å². The molecule has 1 aliphatic heterocycles. The van der Waals surface area contributed by atoms with E-state index in [-0.39, 0.29) is 24.0 Å². The highest BCUT2D eigenvalue weighted by molar-refractivity contribution is 14.0. The summed E-state index contributed by atoms with van der Waals surface area (Å²) >= 11 is 0. The van der Waals surface area contributed by atoms with Gasteiger partial charge in [-0.1, -0.05) is 12.8 Å². The van der Waals surface area contributed by atoms with Crippen molar-refractivity contribution in [2.24, 2.45) is 4.99 Å². The molecule has 0 aromatic carbocycles. The molecule has 138 valence electrons. The molecule has 0 bridgehead atoms. The van der Waals surface area contributed by atoms with Gasteiger partial charge in [-0.05, 0) is 64.4 Å². The molecule has 2 N–H and O–H groups in total. The minimum Gasteiger partial charge on any atom is -0.467 e. The van der Waals surface area contributed by atoms with Crippen LogP contribution in [0.5, 0.6) is 0 Å². The van der Waals surface area contributed by atoms with Gasteiger partial charge in [0.1, 0.15) is 12.3 Å². The SMILES string of the molecule is CCNC(=NCc1ccco1)NCCCCCN1CCCCC1.I. The smallest absolute Gasteiger partial charge is 0.191 e. The zero-order valence-electron chi connectivity index (χ0n) is 14.9. The van der Waals surface area contributed by atoms with Gasteiger partial charge in [0.2, 0.25) is 0 Å². The van der Waals surface area contributed by atoms with Crippen molar-refractivity contribution in [2.75, 3.05) is 32.7 Å². The molecule has 1 aromatic rings. The highest BCUT2D eigenvalue weighted by Gasteiger charge is 2.08. The third kappa shape index (κ3) is 8.92. The fourth-order valence-electron chi connectivity index (χ4n) is 2.93. The third-order valence-corrected chi connectivity index (χ3v) is 4.21. The van der Waals surface area contributed by atoms with Crippen LogP contribution < -0.4 is 10.6 Å². The molecule has 0 unspecified atom stereocenters. The molecule has 0 spiro atoms. The molecule has 1 aliphatic rings. The largest absolute Gasteiger partial charge is 0.467 e. The molecule has 1 fully saturated rings. The number of guanidine groups is 1. The van der Waals surface area contributed by atoms with Gasteiger partial charge >= 0.3 is 0 Å². The Morgan fingerprint density at radius 1 is 1.17 bits per heavy atom. The van der Waals surface area contributed by atoms with Gasteiger partial charge in [0.05, 0.1) is 6.26 Å². The Morgan fingerprint density at radius 3 is 2.71 bits per heavy atom. The minimum absolute atomic E-state index is 0. The summed E-state index contributed by atoms with van der Waals surface area (Å²) in [6.45, 7) is 8.40. The topological polar surface area (TPSA) is 52.8 Å². The molecule has 0 amide bonds. The Morgan fingerprint density at radius 2 is 2.00 bits per heavy atom. The van der Waals surface area contributed by atoms with Crippen LogP contribution in [0.3, 0.4) is 0 Å². The van der Waals surface area contributed by atoms with E-state index in [1.54, 1.807) is 6.26 Å². The lowest BCUT2D eigenvalue weighted by molar-refractivity contribution is 0.224. The molecule has 5 nitrogen and oxygen atoms in total. The first-order valence-electron chi connectivity index (χ1n) is 9.15. The molecule has 2 rings (SSSR count). The van der Waals surface area contributed by atoms with E-state index in [2.05, 4.69) is 27.4 Å². The maximum Gasteiger partial charge on any atom is 0.191 e. The predicted molar refractivity (Wildman–Crippen MR) is 111 cm³/mol. The zero-order valence-corrected chi connectivity index (χ0v) is 17.3. The minimum atomic E-state index is 0. The van der Waals surface area contributed by atoms with Gasteiger partial charge < -0.3 is 20.0 Å². The maximum absolute atomic E-state index is 5.31. The Balaban J connectivity index is 0.00000288. The Labute approximate surface area is 163 Å². The van der Waals surface area contributed by atoms with Crippen LogP contribution in [0.1, 0.15) is 51.2 Å². The molecule has 0 radical (unpaired) electrons. The third-order valence-electron chi connectivity index (χ3n) is 4.21. The number of halogens is 1. The van der Waals surface area contributed by atoms with Crippen LogP contribution in [0.25, 0.3) is 0 Å². The second kappa shape index (κ2) is 13.5. The second-order valence-electron chi connectivity index (χ2n) is 6.16. The number of furan rings is 1. The average molecular weight is 448 g/mol. The van der Waals surface area contributed by atoms with Crippen molar-refractivity contribution >= 4 is 29.9 Å². The Bertz CT molecular complexity index is 430. The lowest BCUT2D eigenvalue weighted by Gasteiger charge is -2.26. The summed E-state index contributed by atoms with van der Waals surface area (Å²) in [7, 11) is 0. The molecule has 0 saturated carbocycles. The lowest BCUT2D eigenvalue weighted by Crippen LogP contribution is -2.37. The van der Waals surface area contributed by atoms with E-state index in [0.717, 1.165) is 24.8 Å². The molecule has 24 heavy (non-hydrogen) atoms. The predicted octanol–water partition coefficient (Wildman–Crippen LogP) is 3.61. The van der Waals surface area contributed by atoms with Gasteiger partial charge in [0.25, 0.3) is 0 Å². The van der Waals surface area contributed by atoms with Gasteiger partial charge in [-0.15, -0.1) is 24.0 Å². The Kier molecular flexibility index (Phi) is 12.0. The Hall–Kier alpha value is -0.760. The quantitative estimate of drug-likeness (QED) is 0.262. The first-order valence-corrected chi connectivity index (χ1v) is 9.15. The number of aliphatic imine (C=N–C) groups is 1. The molecule has 0 atom stereocenters. The molecule has 2 heterocycles. The summed E-state index contributed by atoms with van der Waals surface area (Å²) in [5, 5.41) is 6.68. The summed E-state index contributed by atoms with van der Waals surface area (Å²) in [5.41, 5.74) is 0. The number of nitrogens with one attached hydrogen (secondary N) is 2.